The van der Waals surface area contributed by atoms with Gasteiger partial charge in [-0.2, -0.15) is 0 Å². The summed E-state index contributed by atoms with van der Waals surface area (Å²) in [4.78, 5) is 25.5. The number of nitrogens with zero attached hydrogens (tertiary/aromatic N) is 1. The molecule has 1 heterocycles. The lowest BCUT2D eigenvalue weighted by Gasteiger charge is -2.42. The second-order valence-electron chi connectivity index (χ2n) is 6.74. The molecule has 0 fully saturated rings. The van der Waals surface area contributed by atoms with Gasteiger partial charge in [0.2, 0.25) is 0 Å². The van der Waals surface area contributed by atoms with E-state index in [-0.39, 0.29) is 13.0 Å². The molecule has 2 rings (SSSR count). The highest BCUT2D eigenvalue weighted by Crippen LogP contribution is 2.34. The molecular formula is C16H20BrNO4. The molecule has 0 aromatic heterocycles. The molecule has 0 spiro atoms. The van der Waals surface area contributed by atoms with Gasteiger partial charge in [-0.3, -0.25) is 4.90 Å². The molecule has 1 aromatic rings. The molecule has 0 saturated heterocycles. The summed E-state index contributed by atoms with van der Waals surface area (Å²) < 4.78 is 6.27. The lowest BCUT2D eigenvalue weighted by Crippen LogP contribution is -2.59. The van der Waals surface area contributed by atoms with Gasteiger partial charge >= 0.3 is 12.1 Å². The van der Waals surface area contributed by atoms with Crippen LogP contribution in [0.25, 0.3) is 0 Å². The first-order valence-electron chi connectivity index (χ1n) is 7.04. The Bertz CT molecular complexity index is 623. The number of hydrogen-bond acceptors (Lipinski definition) is 3. The number of rotatable bonds is 1. The summed E-state index contributed by atoms with van der Waals surface area (Å²) in [5.41, 5.74) is -0.126. The van der Waals surface area contributed by atoms with Crippen molar-refractivity contribution in [2.45, 2.75) is 51.8 Å². The van der Waals surface area contributed by atoms with Crippen LogP contribution in [-0.4, -0.2) is 33.2 Å². The first-order chi connectivity index (χ1) is 10.0. The minimum Gasteiger partial charge on any atom is -0.479 e. The van der Waals surface area contributed by atoms with Gasteiger partial charge in [0.05, 0.1) is 6.54 Å². The lowest BCUT2D eigenvalue weighted by atomic mass is 9.84. The van der Waals surface area contributed by atoms with Crippen LogP contribution in [-0.2, 0) is 22.5 Å². The molecule has 1 amide bonds. The molecule has 1 aliphatic heterocycles. The largest absolute Gasteiger partial charge is 0.479 e. The van der Waals surface area contributed by atoms with Crippen LogP contribution < -0.4 is 0 Å². The third-order valence-electron chi connectivity index (χ3n) is 3.70. The maximum absolute atomic E-state index is 12.4. The van der Waals surface area contributed by atoms with Gasteiger partial charge in [-0.05, 0) is 51.0 Å². The zero-order valence-electron chi connectivity index (χ0n) is 13.1. The molecule has 1 unspecified atom stereocenters. The molecule has 1 N–H and O–H groups in total. The summed E-state index contributed by atoms with van der Waals surface area (Å²) in [5, 5.41) is 9.65. The average Bonchev–Trinajstić information content (AvgIpc) is 2.35. The summed E-state index contributed by atoms with van der Waals surface area (Å²) in [6.07, 6.45) is -0.359. The number of ether oxygens (including phenoxy) is 1. The summed E-state index contributed by atoms with van der Waals surface area (Å²) in [6.45, 7) is 7.07. The smallest absolute Gasteiger partial charge is 0.411 e. The highest BCUT2D eigenvalue weighted by atomic mass is 79.9. The second kappa shape index (κ2) is 5.57. The molecule has 6 heteroatoms. The number of aliphatic carboxylic acids is 1. The van der Waals surface area contributed by atoms with Crippen molar-refractivity contribution in [1.82, 2.24) is 4.90 Å². The van der Waals surface area contributed by atoms with Gasteiger partial charge in [0.1, 0.15) is 11.1 Å². The summed E-state index contributed by atoms with van der Waals surface area (Å²) >= 11 is 3.40. The molecule has 0 radical (unpaired) electrons. The minimum atomic E-state index is -1.32. The van der Waals surface area contributed by atoms with Gasteiger partial charge in [-0.15, -0.1) is 0 Å². The number of halogens is 1. The average molecular weight is 370 g/mol. The van der Waals surface area contributed by atoms with E-state index in [4.69, 9.17) is 4.74 Å². The number of benzene rings is 1. The normalized spacial score (nSPS) is 21.2. The van der Waals surface area contributed by atoms with Crippen molar-refractivity contribution in [1.29, 1.82) is 0 Å². The van der Waals surface area contributed by atoms with Crippen LogP contribution in [0.1, 0.15) is 38.8 Å². The standard InChI is InChI=1S/C16H20BrNO4/c1-15(2,3)22-14(21)18-9-10-5-6-12(17)7-11(10)8-16(18,4)13(19)20/h5-7H,8-9H2,1-4H3,(H,19,20). The molecule has 22 heavy (non-hydrogen) atoms. The van der Waals surface area contributed by atoms with Crippen molar-refractivity contribution in [3.05, 3.63) is 33.8 Å². The van der Waals surface area contributed by atoms with E-state index >= 15 is 0 Å². The van der Waals surface area contributed by atoms with Gasteiger partial charge in [0.15, 0.2) is 0 Å². The van der Waals surface area contributed by atoms with E-state index in [0.29, 0.717) is 0 Å². The summed E-state index contributed by atoms with van der Waals surface area (Å²) in [5.74, 6) is -1.04. The lowest BCUT2D eigenvalue weighted by molar-refractivity contribution is -0.151. The Hall–Kier alpha value is -1.56. The molecule has 0 saturated carbocycles. The molecular weight excluding hydrogens is 350 g/mol. The number of hydrogen-bond donors (Lipinski definition) is 1. The fourth-order valence-corrected chi connectivity index (χ4v) is 2.91. The van der Waals surface area contributed by atoms with Gasteiger partial charge in [-0.1, -0.05) is 22.0 Å². The summed E-state index contributed by atoms with van der Waals surface area (Å²) in [6, 6.07) is 5.69. The van der Waals surface area contributed by atoms with Crippen LogP contribution in [0.4, 0.5) is 4.79 Å². The highest BCUT2D eigenvalue weighted by Gasteiger charge is 2.47. The number of fused-ring (bicyclic) bond motifs is 1. The molecule has 0 bridgehead atoms. The Morgan fingerprint density at radius 2 is 1.95 bits per heavy atom. The number of carbonyl (C=O) groups is 2. The van der Waals surface area contributed by atoms with E-state index in [1.54, 1.807) is 27.7 Å². The van der Waals surface area contributed by atoms with Gasteiger partial charge in [0.25, 0.3) is 0 Å². The SMILES string of the molecule is CC(C)(C)OC(=O)N1Cc2ccc(Br)cc2CC1(C)C(=O)O. The Labute approximate surface area is 138 Å². The highest BCUT2D eigenvalue weighted by molar-refractivity contribution is 9.10. The van der Waals surface area contributed by atoms with E-state index in [1.807, 2.05) is 18.2 Å². The number of carbonyl (C=O) groups excluding carboxylic acids is 1. The number of amides is 1. The van der Waals surface area contributed by atoms with E-state index in [0.717, 1.165) is 15.6 Å². The van der Waals surface area contributed by atoms with Crippen LogP contribution >= 0.6 is 15.9 Å². The maximum Gasteiger partial charge on any atom is 0.411 e. The summed E-state index contributed by atoms with van der Waals surface area (Å²) in [7, 11) is 0. The van der Waals surface area contributed by atoms with E-state index in [1.165, 1.54) is 4.90 Å². The zero-order chi connectivity index (χ0) is 16.7. The predicted molar refractivity (Wildman–Crippen MR) is 85.7 cm³/mol. The van der Waals surface area contributed by atoms with Crippen molar-refractivity contribution < 1.29 is 19.4 Å². The van der Waals surface area contributed by atoms with Gasteiger partial charge in [0, 0.05) is 10.9 Å². The monoisotopic (exact) mass is 369 g/mol. The van der Waals surface area contributed by atoms with Crippen molar-refractivity contribution in [3.63, 3.8) is 0 Å². The number of carboxylic acids is 1. The molecule has 5 nitrogen and oxygen atoms in total. The Balaban J connectivity index is 2.41. The van der Waals surface area contributed by atoms with Crippen molar-refractivity contribution >= 4 is 28.0 Å². The van der Waals surface area contributed by atoms with Crippen LogP contribution in [0.15, 0.2) is 22.7 Å². The first-order valence-corrected chi connectivity index (χ1v) is 7.83. The van der Waals surface area contributed by atoms with Crippen LogP contribution in [0, 0.1) is 0 Å². The van der Waals surface area contributed by atoms with E-state index < -0.39 is 23.2 Å². The third-order valence-corrected chi connectivity index (χ3v) is 4.20. The topological polar surface area (TPSA) is 66.8 Å². The van der Waals surface area contributed by atoms with Crippen LogP contribution in [0.2, 0.25) is 0 Å². The third kappa shape index (κ3) is 3.27. The fourth-order valence-electron chi connectivity index (χ4n) is 2.50. The number of carboxylic acid groups (broad SMARTS) is 1. The van der Waals surface area contributed by atoms with E-state index in [9.17, 15) is 14.7 Å². The second-order valence-corrected chi connectivity index (χ2v) is 7.65. The Kier molecular flexibility index (Phi) is 4.26. The van der Waals surface area contributed by atoms with Crippen LogP contribution in [0.5, 0.6) is 0 Å². The Morgan fingerprint density at radius 3 is 2.50 bits per heavy atom. The fraction of sp³-hybridized carbons (Fsp3) is 0.500. The van der Waals surface area contributed by atoms with Gasteiger partial charge < -0.3 is 9.84 Å². The Morgan fingerprint density at radius 1 is 1.32 bits per heavy atom. The van der Waals surface area contributed by atoms with Crippen molar-refractivity contribution in [2.24, 2.45) is 0 Å². The maximum atomic E-state index is 12.4. The van der Waals surface area contributed by atoms with Crippen LogP contribution in [0.3, 0.4) is 0 Å². The molecule has 1 aliphatic rings. The van der Waals surface area contributed by atoms with E-state index in [2.05, 4.69) is 15.9 Å². The molecule has 1 atom stereocenters. The molecule has 0 aliphatic carbocycles. The predicted octanol–water partition coefficient (Wildman–Crippen LogP) is 3.59. The van der Waals surface area contributed by atoms with Crippen molar-refractivity contribution in [2.75, 3.05) is 0 Å². The minimum absolute atomic E-state index is 0.223. The molecule has 120 valence electrons. The van der Waals surface area contributed by atoms with Gasteiger partial charge in [-0.25, -0.2) is 9.59 Å². The zero-order valence-corrected chi connectivity index (χ0v) is 14.7. The first kappa shape index (κ1) is 16.8. The quantitative estimate of drug-likeness (QED) is 0.821. The molecule has 1 aromatic carbocycles. The van der Waals surface area contributed by atoms with Crippen molar-refractivity contribution in [3.8, 4) is 0 Å².